The first-order valence-corrected chi connectivity index (χ1v) is 14.3. The molecular weight excluding hydrogens is 469 g/mol. The van der Waals surface area contributed by atoms with Gasteiger partial charge in [-0.3, -0.25) is 0 Å². The molecular formula is C34H40NOP. The van der Waals surface area contributed by atoms with E-state index < -0.39 is 0 Å². The van der Waals surface area contributed by atoms with E-state index in [1.807, 2.05) is 6.07 Å². The standard InChI is InChI=1S/C34H40NOP/c1-5-20-34(2,37-32-19-13-12-18-29(32)25-35(3)4)31-24-28(21-26-14-8-6-9-15-26)23-30(33(31)36)22-27-16-10-7-11-17-27/h6-19,23-24,36-37H,5,20-22,25H2,1-4H3. The molecule has 0 spiro atoms. The summed E-state index contributed by atoms with van der Waals surface area (Å²) in [6, 6.07) is 34.5. The van der Waals surface area contributed by atoms with Crippen LogP contribution < -0.4 is 5.30 Å². The van der Waals surface area contributed by atoms with Crippen molar-refractivity contribution in [1.82, 2.24) is 4.90 Å². The van der Waals surface area contributed by atoms with Gasteiger partial charge in [0.25, 0.3) is 0 Å². The third kappa shape index (κ3) is 7.10. The van der Waals surface area contributed by atoms with Gasteiger partial charge in [0.1, 0.15) is 5.75 Å². The molecule has 4 aromatic rings. The van der Waals surface area contributed by atoms with Gasteiger partial charge in [-0.2, -0.15) is 0 Å². The molecule has 2 atom stereocenters. The molecule has 4 rings (SSSR count). The summed E-state index contributed by atoms with van der Waals surface area (Å²) >= 11 is 0. The van der Waals surface area contributed by atoms with Gasteiger partial charge in [0.05, 0.1) is 0 Å². The summed E-state index contributed by atoms with van der Waals surface area (Å²) in [6.07, 6.45) is 3.67. The molecule has 2 nitrogen and oxygen atoms in total. The fourth-order valence-electron chi connectivity index (χ4n) is 5.25. The molecule has 0 saturated carbocycles. The van der Waals surface area contributed by atoms with Gasteiger partial charge in [0, 0.05) is 23.7 Å². The van der Waals surface area contributed by atoms with Crippen LogP contribution in [0.2, 0.25) is 0 Å². The van der Waals surface area contributed by atoms with Crippen molar-refractivity contribution in [2.24, 2.45) is 0 Å². The molecule has 3 heteroatoms. The van der Waals surface area contributed by atoms with Crippen LogP contribution in [0.3, 0.4) is 0 Å². The fourth-order valence-corrected chi connectivity index (χ4v) is 7.05. The van der Waals surface area contributed by atoms with Crippen LogP contribution in [0.4, 0.5) is 0 Å². The summed E-state index contributed by atoms with van der Waals surface area (Å²) in [5.74, 6) is 0.467. The molecule has 0 saturated heterocycles. The monoisotopic (exact) mass is 509 g/mol. The van der Waals surface area contributed by atoms with E-state index in [4.69, 9.17) is 0 Å². The van der Waals surface area contributed by atoms with E-state index in [-0.39, 0.29) is 5.16 Å². The predicted molar refractivity (Wildman–Crippen MR) is 161 cm³/mol. The lowest BCUT2D eigenvalue weighted by atomic mass is 9.88. The Kier molecular flexibility index (Phi) is 9.19. The Morgan fingerprint density at radius 3 is 1.95 bits per heavy atom. The fraction of sp³-hybridized carbons (Fsp3) is 0.294. The van der Waals surface area contributed by atoms with Gasteiger partial charge in [-0.05, 0) is 60.1 Å². The minimum atomic E-state index is -0.153. The molecule has 0 aliphatic rings. The Morgan fingerprint density at radius 1 is 0.730 bits per heavy atom. The topological polar surface area (TPSA) is 23.5 Å². The molecule has 37 heavy (non-hydrogen) atoms. The highest BCUT2D eigenvalue weighted by Crippen LogP contribution is 2.49. The maximum absolute atomic E-state index is 11.8. The molecule has 2 unspecified atom stereocenters. The molecule has 0 aliphatic heterocycles. The van der Waals surface area contributed by atoms with Crippen LogP contribution in [0, 0.1) is 0 Å². The number of aromatic hydroxyl groups is 1. The van der Waals surface area contributed by atoms with Crippen LogP contribution in [0.15, 0.2) is 97.1 Å². The molecule has 0 radical (unpaired) electrons. The van der Waals surface area contributed by atoms with Crippen LogP contribution in [-0.4, -0.2) is 24.1 Å². The van der Waals surface area contributed by atoms with Crippen molar-refractivity contribution in [1.29, 1.82) is 0 Å². The number of benzene rings is 4. The highest BCUT2D eigenvalue weighted by Gasteiger charge is 2.31. The van der Waals surface area contributed by atoms with E-state index in [2.05, 4.69) is 124 Å². The average Bonchev–Trinajstić information content (AvgIpc) is 2.88. The normalized spacial score (nSPS) is 13.3. The van der Waals surface area contributed by atoms with Crippen molar-refractivity contribution < 1.29 is 5.11 Å². The van der Waals surface area contributed by atoms with E-state index in [0.29, 0.717) is 14.3 Å². The first-order chi connectivity index (χ1) is 17.9. The lowest BCUT2D eigenvalue weighted by Gasteiger charge is -2.33. The van der Waals surface area contributed by atoms with E-state index in [9.17, 15) is 5.11 Å². The Morgan fingerprint density at radius 2 is 1.32 bits per heavy atom. The van der Waals surface area contributed by atoms with Crippen molar-refractivity contribution in [2.75, 3.05) is 14.1 Å². The van der Waals surface area contributed by atoms with Gasteiger partial charge in [-0.25, -0.2) is 0 Å². The van der Waals surface area contributed by atoms with Crippen molar-refractivity contribution >= 4 is 13.9 Å². The summed E-state index contributed by atoms with van der Waals surface area (Å²) in [4.78, 5) is 2.23. The third-order valence-corrected chi connectivity index (χ3v) is 8.82. The Balaban J connectivity index is 1.80. The van der Waals surface area contributed by atoms with Crippen molar-refractivity contribution in [3.63, 3.8) is 0 Å². The first-order valence-electron chi connectivity index (χ1n) is 13.3. The Bertz CT molecular complexity index is 1290. The van der Waals surface area contributed by atoms with Gasteiger partial charge in [0.15, 0.2) is 0 Å². The maximum atomic E-state index is 11.8. The van der Waals surface area contributed by atoms with E-state index in [1.165, 1.54) is 27.6 Å². The zero-order chi connectivity index (χ0) is 26.3. The molecule has 1 N–H and O–H groups in total. The SMILES string of the molecule is CCCC(C)(Pc1ccccc1CN(C)C)c1cc(Cc2ccccc2)cc(Cc2ccccc2)c1O. The Hall–Kier alpha value is -2.93. The third-order valence-electron chi connectivity index (χ3n) is 7.00. The van der Waals surface area contributed by atoms with Gasteiger partial charge < -0.3 is 10.0 Å². The molecule has 0 heterocycles. The van der Waals surface area contributed by atoms with Gasteiger partial charge in [0.2, 0.25) is 0 Å². The summed E-state index contributed by atoms with van der Waals surface area (Å²) < 4.78 is 0. The van der Waals surface area contributed by atoms with E-state index in [1.54, 1.807) is 0 Å². The maximum Gasteiger partial charge on any atom is 0.123 e. The van der Waals surface area contributed by atoms with E-state index >= 15 is 0 Å². The number of phenols is 1. The lowest BCUT2D eigenvalue weighted by molar-refractivity contribution is 0.403. The van der Waals surface area contributed by atoms with Crippen molar-refractivity contribution in [3.05, 3.63) is 130 Å². The van der Waals surface area contributed by atoms with Gasteiger partial charge in [-0.15, -0.1) is 0 Å². The quantitative estimate of drug-likeness (QED) is 0.210. The molecule has 0 aliphatic carbocycles. The number of hydrogen-bond donors (Lipinski definition) is 1. The van der Waals surface area contributed by atoms with E-state index in [0.717, 1.165) is 43.4 Å². The smallest absolute Gasteiger partial charge is 0.123 e. The summed E-state index contributed by atoms with van der Waals surface area (Å²) in [6.45, 7) is 5.53. The molecule has 4 aromatic carbocycles. The van der Waals surface area contributed by atoms with Crippen LogP contribution >= 0.6 is 8.58 Å². The summed E-state index contributed by atoms with van der Waals surface area (Å²) in [5.41, 5.74) is 7.25. The zero-order valence-electron chi connectivity index (χ0n) is 22.7. The second kappa shape index (κ2) is 12.5. The van der Waals surface area contributed by atoms with Gasteiger partial charge >= 0.3 is 0 Å². The lowest BCUT2D eigenvalue weighted by Crippen LogP contribution is -2.23. The first kappa shape index (κ1) is 27.1. The molecule has 0 aromatic heterocycles. The number of hydrogen-bond acceptors (Lipinski definition) is 2. The van der Waals surface area contributed by atoms with Crippen molar-refractivity contribution in [2.45, 2.75) is 51.2 Å². The largest absolute Gasteiger partial charge is 0.507 e. The number of rotatable bonds is 11. The van der Waals surface area contributed by atoms with Crippen LogP contribution in [0.25, 0.3) is 0 Å². The number of nitrogens with zero attached hydrogens (tertiary/aromatic N) is 1. The minimum absolute atomic E-state index is 0.153. The predicted octanol–water partition coefficient (Wildman–Crippen LogP) is 7.65. The van der Waals surface area contributed by atoms with Crippen LogP contribution in [0.1, 0.15) is 60.1 Å². The summed E-state index contributed by atoms with van der Waals surface area (Å²) in [5, 5.41) is 13.0. The van der Waals surface area contributed by atoms with Crippen LogP contribution in [0.5, 0.6) is 5.75 Å². The molecule has 0 fully saturated rings. The second-order valence-corrected chi connectivity index (χ2v) is 12.5. The van der Waals surface area contributed by atoms with Crippen molar-refractivity contribution in [3.8, 4) is 5.75 Å². The van der Waals surface area contributed by atoms with Gasteiger partial charge in [-0.1, -0.05) is 126 Å². The molecule has 192 valence electrons. The molecule has 0 bridgehead atoms. The highest BCUT2D eigenvalue weighted by atomic mass is 31.1. The molecule has 0 amide bonds. The second-order valence-electron chi connectivity index (χ2n) is 10.6. The minimum Gasteiger partial charge on any atom is -0.507 e. The highest BCUT2D eigenvalue weighted by molar-refractivity contribution is 7.48. The zero-order valence-corrected chi connectivity index (χ0v) is 23.7. The average molecular weight is 510 g/mol. The van der Waals surface area contributed by atoms with Crippen LogP contribution in [-0.2, 0) is 24.5 Å². The number of phenolic OH excluding ortho intramolecular Hbond substituents is 1. The Labute approximate surface area is 225 Å². The summed E-state index contributed by atoms with van der Waals surface area (Å²) in [7, 11) is 4.82.